The van der Waals surface area contributed by atoms with Gasteiger partial charge in [0, 0.05) is 17.8 Å². The number of amides is 1. The molecule has 0 fully saturated rings. The number of aromatic nitrogens is 3. The van der Waals surface area contributed by atoms with E-state index >= 15 is 0 Å². The maximum absolute atomic E-state index is 12.4. The molecule has 2 aromatic carbocycles. The smallest absolute Gasteiger partial charge is 0.234 e. The van der Waals surface area contributed by atoms with Crippen molar-refractivity contribution in [3.63, 3.8) is 0 Å². The summed E-state index contributed by atoms with van der Waals surface area (Å²) < 4.78 is 2.06. The second kappa shape index (κ2) is 9.27. The van der Waals surface area contributed by atoms with Gasteiger partial charge in [0.05, 0.1) is 5.75 Å². The monoisotopic (exact) mass is 408 g/mol. The zero-order valence-electron chi connectivity index (χ0n) is 17.7. The molecule has 0 aliphatic carbocycles. The molecule has 6 heteroatoms. The molecule has 3 aromatic rings. The summed E-state index contributed by atoms with van der Waals surface area (Å²) in [5, 5.41) is 12.5. The van der Waals surface area contributed by atoms with Gasteiger partial charge in [0.15, 0.2) is 11.0 Å². The Bertz CT molecular complexity index is 993. The number of hydrogen-bond donors (Lipinski definition) is 1. The van der Waals surface area contributed by atoms with Crippen molar-refractivity contribution in [2.24, 2.45) is 0 Å². The Morgan fingerprint density at radius 1 is 1.10 bits per heavy atom. The summed E-state index contributed by atoms with van der Waals surface area (Å²) >= 11 is 1.41. The molecule has 0 unspecified atom stereocenters. The number of anilines is 1. The fraction of sp³-hybridized carbons (Fsp3) is 0.348. The van der Waals surface area contributed by atoms with Crippen LogP contribution in [0.15, 0.2) is 47.6 Å². The van der Waals surface area contributed by atoms with Crippen LogP contribution < -0.4 is 5.32 Å². The van der Waals surface area contributed by atoms with Crippen LogP contribution in [-0.4, -0.2) is 26.4 Å². The predicted octanol–water partition coefficient (Wildman–Crippen LogP) is 5.44. The van der Waals surface area contributed by atoms with Gasteiger partial charge in [0.2, 0.25) is 5.91 Å². The Morgan fingerprint density at radius 3 is 2.48 bits per heavy atom. The molecule has 152 valence electrons. The van der Waals surface area contributed by atoms with E-state index in [0.29, 0.717) is 5.92 Å². The second-order valence-electron chi connectivity index (χ2n) is 7.48. The van der Waals surface area contributed by atoms with Crippen molar-refractivity contribution in [2.45, 2.75) is 52.2 Å². The van der Waals surface area contributed by atoms with Crippen LogP contribution in [0.25, 0.3) is 11.4 Å². The van der Waals surface area contributed by atoms with E-state index in [1.165, 1.54) is 17.3 Å². The third kappa shape index (κ3) is 5.07. The van der Waals surface area contributed by atoms with E-state index in [4.69, 9.17) is 0 Å². The number of benzene rings is 2. The number of thioether (sulfide) groups is 1. The quantitative estimate of drug-likeness (QED) is 0.529. The van der Waals surface area contributed by atoms with Crippen molar-refractivity contribution in [3.8, 4) is 11.4 Å². The predicted molar refractivity (Wildman–Crippen MR) is 120 cm³/mol. The topological polar surface area (TPSA) is 59.8 Å². The highest BCUT2D eigenvalue weighted by atomic mass is 32.2. The SMILES string of the molecule is CCn1c(SCC(=O)Nc2cc(C)ccc2C)nnc1-c1ccc(C(C)C)cc1. The number of rotatable bonds is 7. The van der Waals surface area contributed by atoms with Gasteiger partial charge in [0.1, 0.15) is 0 Å². The van der Waals surface area contributed by atoms with Crippen LogP contribution in [0.1, 0.15) is 43.4 Å². The Balaban J connectivity index is 1.70. The first kappa shape index (κ1) is 21.1. The van der Waals surface area contributed by atoms with Gasteiger partial charge in [-0.1, -0.05) is 62.0 Å². The molecular formula is C23H28N4OS. The highest BCUT2D eigenvalue weighted by molar-refractivity contribution is 7.99. The minimum atomic E-state index is -0.0443. The fourth-order valence-corrected chi connectivity index (χ4v) is 3.90. The molecule has 0 aliphatic heterocycles. The van der Waals surface area contributed by atoms with Crippen molar-refractivity contribution >= 4 is 23.4 Å². The molecule has 1 amide bonds. The lowest BCUT2D eigenvalue weighted by molar-refractivity contribution is -0.113. The number of nitrogens with zero attached hydrogens (tertiary/aromatic N) is 3. The first-order chi connectivity index (χ1) is 13.9. The zero-order valence-corrected chi connectivity index (χ0v) is 18.5. The van der Waals surface area contributed by atoms with Crippen molar-refractivity contribution in [3.05, 3.63) is 59.2 Å². The van der Waals surface area contributed by atoms with Crippen molar-refractivity contribution in [1.29, 1.82) is 0 Å². The van der Waals surface area contributed by atoms with E-state index in [1.807, 2.05) is 32.0 Å². The Morgan fingerprint density at radius 2 is 1.83 bits per heavy atom. The van der Waals surface area contributed by atoms with Gasteiger partial charge in [-0.15, -0.1) is 10.2 Å². The van der Waals surface area contributed by atoms with Gasteiger partial charge in [-0.25, -0.2) is 0 Å². The molecule has 0 bridgehead atoms. The standard InChI is InChI=1S/C23H28N4OS/c1-6-27-22(19-11-9-18(10-12-19)15(2)3)25-26-23(27)29-14-21(28)24-20-13-16(4)7-8-17(20)5/h7-13,15H,6,14H2,1-5H3,(H,24,28). The first-order valence-electron chi connectivity index (χ1n) is 9.92. The van der Waals surface area contributed by atoms with Gasteiger partial charge >= 0.3 is 0 Å². The average molecular weight is 409 g/mol. The largest absolute Gasteiger partial charge is 0.325 e. The lowest BCUT2D eigenvalue weighted by Gasteiger charge is -2.10. The summed E-state index contributed by atoms with van der Waals surface area (Å²) in [6.45, 7) is 11.2. The van der Waals surface area contributed by atoms with Gasteiger partial charge in [-0.05, 0) is 49.4 Å². The van der Waals surface area contributed by atoms with Crippen LogP contribution in [0.2, 0.25) is 0 Å². The van der Waals surface area contributed by atoms with Gasteiger partial charge in [-0.2, -0.15) is 0 Å². The maximum atomic E-state index is 12.4. The molecule has 0 spiro atoms. The van der Waals surface area contributed by atoms with Crippen LogP contribution in [0, 0.1) is 13.8 Å². The van der Waals surface area contributed by atoms with Crippen LogP contribution in [0.4, 0.5) is 5.69 Å². The van der Waals surface area contributed by atoms with Crippen molar-refractivity contribution in [2.75, 3.05) is 11.1 Å². The normalized spacial score (nSPS) is 11.1. The van der Waals surface area contributed by atoms with Crippen LogP contribution in [-0.2, 0) is 11.3 Å². The molecule has 1 N–H and O–H groups in total. The second-order valence-corrected chi connectivity index (χ2v) is 8.42. The molecule has 1 heterocycles. The zero-order chi connectivity index (χ0) is 21.0. The molecule has 3 rings (SSSR count). The minimum absolute atomic E-state index is 0.0443. The van der Waals surface area contributed by atoms with E-state index in [2.05, 4.69) is 65.1 Å². The molecule has 0 saturated heterocycles. The number of carbonyl (C=O) groups excluding carboxylic acids is 1. The summed E-state index contributed by atoms with van der Waals surface area (Å²) in [6.07, 6.45) is 0. The summed E-state index contributed by atoms with van der Waals surface area (Å²) in [5.41, 5.74) is 5.37. The fourth-order valence-electron chi connectivity index (χ4n) is 3.10. The van der Waals surface area contributed by atoms with E-state index in [0.717, 1.165) is 39.9 Å². The highest BCUT2D eigenvalue weighted by Crippen LogP contribution is 2.26. The first-order valence-corrected chi connectivity index (χ1v) is 10.9. The molecular weight excluding hydrogens is 380 g/mol. The maximum Gasteiger partial charge on any atom is 0.234 e. The van der Waals surface area contributed by atoms with Gasteiger partial charge < -0.3 is 9.88 Å². The van der Waals surface area contributed by atoms with E-state index < -0.39 is 0 Å². The summed E-state index contributed by atoms with van der Waals surface area (Å²) in [5.74, 6) is 1.57. The number of aryl methyl sites for hydroxylation is 2. The molecule has 0 atom stereocenters. The van der Waals surface area contributed by atoms with E-state index in [1.54, 1.807) is 0 Å². The number of carbonyl (C=O) groups is 1. The molecule has 0 aliphatic rings. The molecule has 29 heavy (non-hydrogen) atoms. The van der Waals surface area contributed by atoms with E-state index in [-0.39, 0.29) is 11.7 Å². The van der Waals surface area contributed by atoms with Crippen LogP contribution >= 0.6 is 11.8 Å². The third-order valence-electron chi connectivity index (χ3n) is 4.87. The average Bonchev–Trinajstić information content (AvgIpc) is 3.12. The molecule has 0 saturated carbocycles. The minimum Gasteiger partial charge on any atom is -0.325 e. The van der Waals surface area contributed by atoms with Gasteiger partial charge in [-0.3, -0.25) is 4.79 Å². The summed E-state index contributed by atoms with van der Waals surface area (Å²) in [6, 6.07) is 14.5. The lowest BCUT2D eigenvalue weighted by Crippen LogP contribution is -2.15. The van der Waals surface area contributed by atoms with Crippen molar-refractivity contribution in [1.82, 2.24) is 14.8 Å². The molecule has 0 radical (unpaired) electrons. The summed E-state index contributed by atoms with van der Waals surface area (Å²) in [7, 11) is 0. The Hall–Kier alpha value is -2.60. The number of nitrogens with one attached hydrogen (secondary N) is 1. The Labute approximate surface area is 176 Å². The third-order valence-corrected chi connectivity index (χ3v) is 5.83. The van der Waals surface area contributed by atoms with Crippen molar-refractivity contribution < 1.29 is 4.79 Å². The Kier molecular flexibility index (Phi) is 6.75. The summed E-state index contributed by atoms with van der Waals surface area (Å²) in [4.78, 5) is 12.4. The van der Waals surface area contributed by atoms with E-state index in [9.17, 15) is 4.79 Å². The molecule has 5 nitrogen and oxygen atoms in total. The molecule has 1 aromatic heterocycles. The van der Waals surface area contributed by atoms with Crippen LogP contribution in [0.3, 0.4) is 0 Å². The number of hydrogen-bond acceptors (Lipinski definition) is 4. The lowest BCUT2D eigenvalue weighted by atomic mass is 10.0. The van der Waals surface area contributed by atoms with Crippen LogP contribution in [0.5, 0.6) is 0 Å². The highest BCUT2D eigenvalue weighted by Gasteiger charge is 2.15. The van der Waals surface area contributed by atoms with Gasteiger partial charge in [0.25, 0.3) is 0 Å².